The summed E-state index contributed by atoms with van der Waals surface area (Å²) in [6.45, 7) is 7.49. The van der Waals surface area contributed by atoms with Crippen molar-refractivity contribution in [3.05, 3.63) is 74.6 Å². The predicted molar refractivity (Wildman–Crippen MR) is 126 cm³/mol. The minimum atomic E-state index is -4.75. The van der Waals surface area contributed by atoms with Crippen molar-refractivity contribution in [3.8, 4) is 5.75 Å². The molecule has 0 unspecified atom stereocenters. The van der Waals surface area contributed by atoms with Crippen LogP contribution in [0.5, 0.6) is 5.75 Å². The third-order valence-electron chi connectivity index (χ3n) is 6.09. The van der Waals surface area contributed by atoms with Crippen LogP contribution in [0, 0.1) is 6.92 Å². The number of nitrogens with zero attached hydrogens (tertiary/aromatic N) is 2. The molecule has 0 radical (unpaired) electrons. The van der Waals surface area contributed by atoms with E-state index in [4.69, 9.17) is 20.8 Å². The van der Waals surface area contributed by atoms with E-state index in [-0.39, 0.29) is 16.5 Å². The molecule has 3 aromatic rings. The molecule has 9 heteroatoms. The number of halogens is 4. The number of alkyl halides is 3. The summed E-state index contributed by atoms with van der Waals surface area (Å²) >= 11 is 5.95. The summed E-state index contributed by atoms with van der Waals surface area (Å²) in [5.41, 5.74) is -1.45. The quantitative estimate of drug-likeness (QED) is 0.327. The van der Waals surface area contributed by atoms with Crippen LogP contribution in [-0.4, -0.2) is 49.1 Å². The van der Waals surface area contributed by atoms with Crippen molar-refractivity contribution in [1.82, 2.24) is 9.80 Å². The van der Waals surface area contributed by atoms with Gasteiger partial charge in [-0.15, -0.1) is 0 Å². The van der Waals surface area contributed by atoms with Crippen LogP contribution in [-0.2, 0) is 12.7 Å². The Hall–Kier alpha value is -2.55. The molecule has 2 heterocycles. The molecule has 4 rings (SSSR count). The largest absolute Gasteiger partial charge is 0.493 e. The fourth-order valence-corrected chi connectivity index (χ4v) is 4.38. The summed E-state index contributed by atoms with van der Waals surface area (Å²) in [7, 11) is 0. The van der Waals surface area contributed by atoms with Crippen LogP contribution < -0.4 is 10.4 Å². The highest BCUT2D eigenvalue weighted by atomic mass is 35.5. The summed E-state index contributed by atoms with van der Waals surface area (Å²) in [5, 5.41) is 0.991. The van der Waals surface area contributed by atoms with Gasteiger partial charge in [-0.2, -0.15) is 13.2 Å². The van der Waals surface area contributed by atoms with Gasteiger partial charge in [-0.25, -0.2) is 4.79 Å². The number of rotatable bonds is 7. The molecule has 5 nitrogen and oxygen atoms in total. The van der Waals surface area contributed by atoms with Gasteiger partial charge in [-0.1, -0.05) is 23.7 Å². The lowest BCUT2D eigenvalue weighted by Crippen LogP contribution is -2.46. The number of hydrogen-bond acceptors (Lipinski definition) is 5. The highest BCUT2D eigenvalue weighted by Crippen LogP contribution is 2.33. The van der Waals surface area contributed by atoms with Crippen molar-refractivity contribution >= 4 is 22.6 Å². The van der Waals surface area contributed by atoms with E-state index in [2.05, 4.69) is 21.9 Å². The van der Waals surface area contributed by atoms with Gasteiger partial charge in [-0.3, -0.25) is 4.90 Å². The first kappa shape index (κ1) is 24.6. The standard InChI is InChI=1S/C25H26ClF3N2O3/c1-17-21-8-7-20(15-22(21)34-24(32)23(17)25(27,28)29)33-14-2-9-30-10-12-31(13-11-30)16-18-3-5-19(26)6-4-18/h3-8,15H,2,9-14,16H2,1H3. The molecule has 1 aromatic heterocycles. The van der Waals surface area contributed by atoms with Crippen molar-refractivity contribution in [2.24, 2.45) is 0 Å². The summed E-state index contributed by atoms with van der Waals surface area (Å²) in [6, 6.07) is 12.5. The van der Waals surface area contributed by atoms with E-state index in [1.165, 1.54) is 24.6 Å². The Morgan fingerprint density at radius 2 is 1.71 bits per heavy atom. The monoisotopic (exact) mass is 494 g/mol. The molecule has 1 aliphatic rings. The van der Waals surface area contributed by atoms with Gasteiger partial charge < -0.3 is 14.1 Å². The van der Waals surface area contributed by atoms with Crippen molar-refractivity contribution in [3.63, 3.8) is 0 Å². The van der Waals surface area contributed by atoms with Crippen molar-refractivity contribution in [1.29, 1.82) is 0 Å². The fourth-order valence-electron chi connectivity index (χ4n) is 4.25. The van der Waals surface area contributed by atoms with Gasteiger partial charge in [0.2, 0.25) is 0 Å². The molecule has 0 spiro atoms. The van der Waals surface area contributed by atoms with Gasteiger partial charge in [0.25, 0.3) is 0 Å². The number of fused-ring (bicyclic) bond motifs is 1. The third kappa shape index (κ3) is 5.92. The van der Waals surface area contributed by atoms with Crippen LogP contribution in [0.2, 0.25) is 5.02 Å². The SMILES string of the molecule is Cc1c(C(F)(F)F)c(=O)oc2cc(OCCCN3CCN(Cc4ccc(Cl)cc4)CC3)ccc12. The summed E-state index contributed by atoms with van der Waals surface area (Å²) in [4.78, 5) is 16.7. The van der Waals surface area contributed by atoms with E-state index in [0.717, 1.165) is 50.7 Å². The average molecular weight is 495 g/mol. The molecular formula is C25H26ClF3N2O3. The topological polar surface area (TPSA) is 45.9 Å². The third-order valence-corrected chi connectivity index (χ3v) is 6.35. The van der Waals surface area contributed by atoms with E-state index in [0.29, 0.717) is 12.4 Å². The molecule has 1 aliphatic heterocycles. The molecule has 0 N–H and O–H groups in total. The molecule has 0 atom stereocenters. The maximum absolute atomic E-state index is 13.1. The maximum atomic E-state index is 13.1. The van der Waals surface area contributed by atoms with Gasteiger partial charge in [0.1, 0.15) is 16.9 Å². The minimum Gasteiger partial charge on any atom is -0.493 e. The number of piperazine rings is 1. The minimum absolute atomic E-state index is 0.0878. The zero-order chi connectivity index (χ0) is 24.3. The van der Waals surface area contributed by atoms with Crippen LogP contribution in [0.4, 0.5) is 13.2 Å². The van der Waals surface area contributed by atoms with E-state index < -0.39 is 17.4 Å². The first-order valence-corrected chi connectivity index (χ1v) is 11.5. The average Bonchev–Trinajstić information content (AvgIpc) is 2.78. The molecule has 0 amide bonds. The summed E-state index contributed by atoms with van der Waals surface area (Å²) < 4.78 is 50.0. The van der Waals surface area contributed by atoms with Gasteiger partial charge >= 0.3 is 11.8 Å². The molecule has 1 fully saturated rings. The Labute approximate surface area is 200 Å². The Morgan fingerprint density at radius 3 is 2.38 bits per heavy atom. The highest BCUT2D eigenvalue weighted by Gasteiger charge is 2.37. The predicted octanol–water partition coefficient (Wildman–Crippen LogP) is 5.36. The van der Waals surface area contributed by atoms with Gasteiger partial charge in [0.15, 0.2) is 0 Å². The normalized spacial score (nSPS) is 15.7. The lowest BCUT2D eigenvalue weighted by Gasteiger charge is -2.34. The number of ether oxygens (including phenoxy) is 1. The van der Waals surface area contributed by atoms with Gasteiger partial charge in [0.05, 0.1) is 6.61 Å². The van der Waals surface area contributed by atoms with E-state index in [9.17, 15) is 18.0 Å². The van der Waals surface area contributed by atoms with Crippen molar-refractivity contribution in [2.75, 3.05) is 39.3 Å². The molecule has 34 heavy (non-hydrogen) atoms. The van der Waals surface area contributed by atoms with Crippen molar-refractivity contribution < 1.29 is 22.3 Å². The Morgan fingerprint density at radius 1 is 1.03 bits per heavy atom. The zero-order valence-corrected chi connectivity index (χ0v) is 19.6. The van der Waals surface area contributed by atoms with Crippen LogP contribution in [0.1, 0.15) is 23.1 Å². The molecule has 182 valence electrons. The second-order valence-corrected chi connectivity index (χ2v) is 8.93. The molecule has 2 aromatic carbocycles. The fraction of sp³-hybridized carbons (Fsp3) is 0.400. The molecule has 1 saturated heterocycles. The molecule has 0 bridgehead atoms. The second kappa shape index (κ2) is 10.4. The lowest BCUT2D eigenvalue weighted by molar-refractivity contribution is -0.140. The Kier molecular flexibility index (Phi) is 7.50. The summed E-state index contributed by atoms with van der Waals surface area (Å²) in [6.07, 6.45) is -3.94. The Bertz CT molecular complexity index is 1190. The number of hydrogen-bond donors (Lipinski definition) is 0. The van der Waals surface area contributed by atoms with Crippen LogP contribution >= 0.6 is 11.6 Å². The zero-order valence-electron chi connectivity index (χ0n) is 18.8. The molecular weight excluding hydrogens is 469 g/mol. The second-order valence-electron chi connectivity index (χ2n) is 8.49. The van der Waals surface area contributed by atoms with E-state index in [1.807, 2.05) is 12.1 Å². The van der Waals surface area contributed by atoms with E-state index >= 15 is 0 Å². The number of benzene rings is 2. The maximum Gasteiger partial charge on any atom is 0.423 e. The first-order chi connectivity index (χ1) is 16.2. The molecule has 0 aliphatic carbocycles. The van der Waals surface area contributed by atoms with Crippen LogP contribution in [0.3, 0.4) is 0 Å². The Balaban J connectivity index is 1.24. The van der Waals surface area contributed by atoms with Crippen molar-refractivity contribution in [2.45, 2.75) is 26.1 Å². The van der Waals surface area contributed by atoms with Crippen LogP contribution in [0.15, 0.2) is 51.7 Å². The smallest absolute Gasteiger partial charge is 0.423 e. The van der Waals surface area contributed by atoms with E-state index in [1.54, 1.807) is 6.07 Å². The summed E-state index contributed by atoms with van der Waals surface area (Å²) in [5.74, 6) is 0.461. The number of aryl methyl sites for hydroxylation is 1. The van der Waals surface area contributed by atoms with Gasteiger partial charge in [-0.05, 0) is 48.7 Å². The lowest BCUT2D eigenvalue weighted by atomic mass is 10.1. The highest BCUT2D eigenvalue weighted by molar-refractivity contribution is 6.30. The van der Waals surface area contributed by atoms with Gasteiger partial charge in [0, 0.05) is 55.7 Å². The first-order valence-electron chi connectivity index (χ1n) is 11.2. The molecule has 0 saturated carbocycles. The van der Waals surface area contributed by atoms with Crippen LogP contribution in [0.25, 0.3) is 11.0 Å².